The van der Waals surface area contributed by atoms with Crippen molar-refractivity contribution in [2.24, 2.45) is 23.7 Å². The number of carbonyl (C=O) groups is 4. The minimum absolute atomic E-state index is 0.106. The van der Waals surface area contributed by atoms with E-state index in [1.54, 1.807) is 0 Å². The normalized spacial score (nSPS) is 14.1. The number of rotatable bonds is 73. The zero-order valence-electron chi connectivity index (χ0n) is 62.3. The molecule has 0 aliphatic rings. The van der Waals surface area contributed by atoms with Gasteiger partial charge in [0.15, 0.2) is 12.2 Å². The van der Waals surface area contributed by atoms with Gasteiger partial charge < -0.3 is 33.8 Å². The van der Waals surface area contributed by atoms with Crippen molar-refractivity contribution < 1.29 is 80.2 Å². The smallest absolute Gasteiger partial charge is 0.462 e. The Hall–Kier alpha value is -1.94. The van der Waals surface area contributed by atoms with E-state index in [1.807, 2.05) is 0 Å². The first-order valence-electron chi connectivity index (χ1n) is 39.2. The summed E-state index contributed by atoms with van der Waals surface area (Å²) in [5, 5.41) is 10.6. The van der Waals surface area contributed by atoms with Crippen molar-refractivity contribution >= 4 is 39.5 Å². The van der Waals surface area contributed by atoms with Crippen LogP contribution in [0.15, 0.2) is 0 Å². The summed E-state index contributed by atoms with van der Waals surface area (Å²) >= 11 is 0. The summed E-state index contributed by atoms with van der Waals surface area (Å²) in [5.41, 5.74) is 0. The number of phosphoric acid groups is 2. The molecule has 17 nitrogen and oxygen atoms in total. The zero-order chi connectivity index (χ0) is 70.3. The molecule has 0 fully saturated rings. The highest BCUT2D eigenvalue weighted by Crippen LogP contribution is 2.45. The molecule has 0 spiro atoms. The Morgan fingerprint density at radius 1 is 0.263 bits per heavy atom. The molecule has 0 radical (unpaired) electrons. The fourth-order valence-corrected chi connectivity index (χ4v) is 13.1. The number of carbonyl (C=O) groups excluding carboxylic acids is 4. The van der Waals surface area contributed by atoms with E-state index in [9.17, 15) is 43.2 Å². The Bertz CT molecular complexity index is 1870. The van der Waals surface area contributed by atoms with Crippen molar-refractivity contribution in [2.45, 2.75) is 401 Å². The predicted molar refractivity (Wildman–Crippen MR) is 386 cm³/mol. The standard InChI is InChI=1S/C76H148O17P2/c1-66(2)52-44-36-28-22-16-12-9-10-14-18-26-32-42-50-58-76(81)93-72(63-87-74(79)57-49-41-35-34-39-47-55-69(7)8)65-91-95(84,85)89-61-70(77)60-88-94(82,83)90-64-71(62-86-73(78)56-48-40-31-25-21-20-24-30-38-46-54-68(5)6)92-75(80)59-51-43-33-27-19-15-11-13-17-23-29-37-45-53-67(3)4/h66-72,77H,9-65H2,1-8H3,(H,82,83)(H,84,85)/t70-,71-,72-/m1/s1. The molecule has 0 heterocycles. The molecule has 0 rings (SSSR count). The Kier molecular flexibility index (Phi) is 64.0. The Morgan fingerprint density at radius 2 is 0.442 bits per heavy atom. The maximum absolute atomic E-state index is 13.1. The van der Waals surface area contributed by atoms with Crippen molar-refractivity contribution in [1.82, 2.24) is 0 Å². The number of aliphatic hydroxyl groups is 1. The first-order valence-corrected chi connectivity index (χ1v) is 42.2. The van der Waals surface area contributed by atoms with Crippen LogP contribution in [0.4, 0.5) is 0 Å². The highest BCUT2D eigenvalue weighted by Gasteiger charge is 2.30. The van der Waals surface area contributed by atoms with Crippen LogP contribution < -0.4 is 0 Å². The lowest BCUT2D eigenvalue weighted by Crippen LogP contribution is -2.30. The highest BCUT2D eigenvalue weighted by molar-refractivity contribution is 7.47. The number of aliphatic hydroxyl groups excluding tert-OH is 1. The minimum atomic E-state index is -4.96. The molecule has 0 bridgehead atoms. The van der Waals surface area contributed by atoms with Crippen LogP contribution in [0.5, 0.6) is 0 Å². The molecule has 0 aromatic heterocycles. The minimum Gasteiger partial charge on any atom is -0.462 e. The summed E-state index contributed by atoms with van der Waals surface area (Å²) in [6.45, 7) is 14.2. The van der Waals surface area contributed by atoms with Gasteiger partial charge in [-0.15, -0.1) is 0 Å². The molecular formula is C76H148O17P2. The van der Waals surface area contributed by atoms with E-state index < -0.39 is 97.5 Å². The zero-order valence-corrected chi connectivity index (χ0v) is 64.1. The summed E-state index contributed by atoms with van der Waals surface area (Å²) in [4.78, 5) is 72.8. The van der Waals surface area contributed by atoms with Crippen LogP contribution in [-0.2, 0) is 65.4 Å². The fraction of sp³-hybridized carbons (Fsp3) is 0.947. The molecule has 3 N–H and O–H groups in total. The summed E-state index contributed by atoms with van der Waals surface area (Å²) in [6.07, 6.45) is 50.1. The molecule has 0 aliphatic carbocycles. The van der Waals surface area contributed by atoms with Gasteiger partial charge in [0.1, 0.15) is 19.3 Å². The second-order valence-corrected chi connectivity index (χ2v) is 32.2. The number of esters is 4. The Morgan fingerprint density at radius 3 is 0.653 bits per heavy atom. The summed E-state index contributed by atoms with van der Waals surface area (Å²) in [7, 11) is -9.91. The van der Waals surface area contributed by atoms with Crippen molar-refractivity contribution in [3.8, 4) is 0 Å². The molecule has 564 valence electrons. The molecule has 95 heavy (non-hydrogen) atoms. The summed E-state index contributed by atoms with van der Waals surface area (Å²) in [5.74, 6) is 0.898. The molecule has 2 unspecified atom stereocenters. The third-order valence-corrected chi connectivity index (χ3v) is 19.5. The van der Waals surface area contributed by atoms with E-state index in [2.05, 4.69) is 55.4 Å². The third-order valence-electron chi connectivity index (χ3n) is 17.6. The van der Waals surface area contributed by atoms with Gasteiger partial charge in [0.25, 0.3) is 0 Å². The number of unbranched alkanes of at least 4 members (excludes halogenated alkanes) is 39. The van der Waals surface area contributed by atoms with Crippen molar-refractivity contribution in [3.63, 3.8) is 0 Å². The maximum Gasteiger partial charge on any atom is 0.472 e. The number of phosphoric ester groups is 2. The van der Waals surface area contributed by atoms with Gasteiger partial charge in [-0.1, -0.05) is 331 Å². The lowest BCUT2D eigenvalue weighted by atomic mass is 10.0. The molecule has 0 saturated carbocycles. The Labute approximate surface area is 581 Å². The predicted octanol–water partition coefficient (Wildman–Crippen LogP) is 22.0. The maximum atomic E-state index is 13.1. The number of ether oxygens (including phenoxy) is 4. The summed E-state index contributed by atoms with van der Waals surface area (Å²) in [6, 6.07) is 0. The van der Waals surface area contributed by atoms with Gasteiger partial charge in [0, 0.05) is 25.7 Å². The van der Waals surface area contributed by atoms with E-state index >= 15 is 0 Å². The summed E-state index contributed by atoms with van der Waals surface area (Å²) < 4.78 is 68.5. The quantitative estimate of drug-likeness (QED) is 0.0222. The van der Waals surface area contributed by atoms with Gasteiger partial charge in [-0.25, -0.2) is 9.13 Å². The van der Waals surface area contributed by atoms with E-state index in [-0.39, 0.29) is 25.7 Å². The van der Waals surface area contributed by atoms with Gasteiger partial charge in [-0.3, -0.25) is 37.3 Å². The van der Waals surface area contributed by atoms with Crippen LogP contribution >= 0.6 is 15.6 Å². The first kappa shape index (κ1) is 93.1. The lowest BCUT2D eigenvalue weighted by Gasteiger charge is -2.21. The van der Waals surface area contributed by atoms with E-state index in [0.717, 1.165) is 114 Å². The van der Waals surface area contributed by atoms with Gasteiger partial charge >= 0.3 is 39.5 Å². The molecule has 0 aliphatic heterocycles. The van der Waals surface area contributed by atoms with E-state index in [4.69, 9.17) is 37.0 Å². The SMILES string of the molecule is CC(C)CCCCCCCCCCCCCCCCC(=O)O[C@H](COC(=O)CCCCCCCCC(C)C)COP(=O)(O)OC[C@H](O)COP(=O)(O)OC[C@@H](COC(=O)CCCCCCCCCCCCC(C)C)OC(=O)CCCCCCCCCCCCCCCC(C)C. The van der Waals surface area contributed by atoms with Crippen LogP contribution in [0.25, 0.3) is 0 Å². The first-order chi connectivity index (χ1) is 45.6. The van der Waals surface area contributed by atoms with Crippen LogP contribution in [0.2, 0.25) is 0 Å². The topological polar surface area (TPSA) is 237 Å². The van der Waals surface area contributed by atoms with Gasteiger partial charge in [-0.2, -0.15) is 0 Å². The van der Waals surface area contributed by atoms with Gasteiger partial charge in [0.05, 0.1) is 26.4 Å². The lowest BCUT2D eigenvalue weighted by molar-refractivity contribution is -0.161. The van der Waals surface area contributed by atoms with Crippen LogP contribution in [0.1, 0.15) is 383 Å². The van der Waals surface area contributed by atoms with Crippen LogP contribution in [-0.4, -0.2) is 96.7 Å². The second-order valence-electron chi connectivity index (χ2n) is 29.3. The average Bonchev–Trinajstić information content (AvgIpc) is 2.59. The van der Waals surface area contributed by atoms with Crippen LogP contribution in [0.3, 0.4) is 0 Å². The van der Waals surface area contributed by atoms with E-state index in [1.165, 1.54) is 180 Å². The van der Waals surface area contributed by atoms with Crippen molar-refractivity contribution in [2.75, 3.05) is 39.6 Å². The number of hydrogen-bond donors (Lipinski definition) is 3. The second kappa shape index (κ2) is 65.4. The van der Waals surface area contributed by atoms with E-state index in [0.29, 0.717) is 31.6 Å². The fourth-order valence-electron chi connectivity index (χ4n) is 11.6. The molecule has 0 aromatic carbocycles. The number of hydrogen-bond acceptors (Lipinski definition) is 15. The molecular weight excluding hydrogens is 1250 g/mol. The average molecular weight is 1400 g/mol. The monoisotopic (exact) mass is 1400 g/mol. The Balaban J connectivity index is 5.23. The molecule has 0 amide bonds. The van der Waals surface area contributed by atoms with Gasteiger partial charge in [0.2, 0.25) is 0 Å². The van der Waals surface area contributed by atoms with Crippen molar-refractivity contribution in [1.29, 1.82) is 0 Å². The molecule has 0 aromatic rings. The molecule has 19 heteroatoms. The largest absolute Gasteiger partial charge is 0.472 e. The van der Waals surface area contributed by atoms with Crippen molar-refractivity contribution in [3.05, 3.63) is 0 Å². The highest BCUT2D eigenvalue weighted by atomic mass is 31.2. The van der Waals surface area contributed by atoms with Gasteiger partial charge in [-0.05, 0) is 49.4 Å². The third kappa shape index (κ3) is 70.3. The molecule has 0 saturated heterocycles. The molecule has 5 atom stereocenters. The van der Waals surface area contributed by atoms with Crippen LogP contribution in [0, 0.1) is 23.7 Å².